The molecule has 21 heavy (non-hydrogen) atoms. The minimum atomic E-state index is 0.135. The maximum atomic E-state index is 11.4. The van der Waals surface area contributed by atoms with Crippen molar-refractivity contribution < 1.29 is 4.79 Å². The Morgan fingerprint density at radius 3 is 2.24 bits per heavy atom. The maximum Gasteiger partial charge on any atom is 0.233 e. The standard InChI is InChI=1S/C17H33N3O/c1-3-4-14-5-7-15(8-6-14)19-16-9-11-20(12-10-16)13-17(21)18-2/h14-16,19H,3-13H2,1-2H3,(H,18,21). The van der Waals surface area contributed by atoms with Gasteiger partial charge >= 0.3 is 0 Å². The summed E-state index contributed by atoms with van der Waals surface area (Å²) in [6, 6.07) is 1.41. The highest BCUT2D eigenvalue weighted by Crippen LogP contribution is 2.28. The predicted molar refractivity (Wildman–Crippen MR) is 87.3 cm³/mol. The van der Waals surface area contributed by atoms with Crippen molar-refractivity contribution in [2.24, 2.45) is 5.92 Å². The molecule has 2 N–H and O–H groups in total. The van der Waals surface area contributed by atoms with Crippen LogP contribution in [0.5, 0.6) is 0 Å². The smallest absolute Gasteiger partial charge is 0.233 e. The molecule has 0 atom stereocenters. The number of carbonyl (C=O) groups excluding carboxylic acids is 1. The van der Waals surface area contributed by atoms with Crippen molar-refractivity contribution in [3.8, 4) is 0 Å². The zero-order valence-electron chi connectivity index (χ0n) is 13.9. The molecule has 0 radical (unpaired) electrons. The summed E-state index contributed by atoms with van der Waals surface area (Å²) in [6.45, 7) is 4.97. The van der Waals surface area contributed by atoms with E-state index in [1.54, 1.807) is 7.05 Å². The summed E-state index contributed by atoms with van der Waals surface area (Å²) in [5.41, 5.74) is 0. The molecular weight excluding hydrogens is 262 g/mol. The number of amides is 1. The van der Waals surface area contributed by atoms with Crippen LogP contribution in [-0.2, 0) is 4.79 Å². The van der Waals surface area contributed by atoms with Crippen molar-refractivity contribution >= 4 is 5.91 Å². The number of nitrogens with zero attached hydrogens (tertiary/aromatic N) is 1. The van der Waals surface area contributed by atoms with Crippen LogP contribution in [0.25, 0.3) is 0 Å². The first-order valence-electron chi connectivity index (χ1n) is 8.90. The Balaban J connectivity index is 1.62. The summed E-state index contributed by atoms with van der Waals surface area (Å²) in [4.78, 5) is 13.7. The van der Waals surface area contributed by atoms with Crippen LogP contribution in [0.15, 0.2) is 0 Å². The van der Waals surface area contributed by atoms with E-state index in [0.717, 1.165) is 25.0 Å². The third kappa shape index (κ3) is 5.59. The minimum absolute atomic E-state index is 0.135. The molecule has 4 heteroatoms. The Bertz CT molecular complexity index is 305. The SMILES string of the molecule is CCCC1CCC(NC2CCN(CC(=O)NC)CC2)CC1. The van der Waals surface area contributed by atoms with E-state index in [0.29, 0.717) is 12.6 Å². The Morgan fingerprint density at radius 1 is 1.05 bits per heavy atom. The van der Waals surface area contributed by atoms with Crippen molar-refractivity contribution in [2.75, 3.05) is 26.7 Å². The van der Waals surface area contributed by atoms with Gasteiger partial charge in [0, 0.05) is 32.2 Å². The number of carbonyl (C=O) groups is 1. The monoisotopic (exact) mass is 295 g/mol. The molecule has 0 aromatic carbocycles. The molecule has 0 bridgehead atoms. The van der Waals surface area contributed by atoms with Gasteiger partial charge in [0.2, 0.25) is 5.91 Å². The normalized spacial score (nSPS) is 28.5. The molecule has 1 amide bonds. The second kappa shape index (κ2) is 8.74. The molecule has 2 rings (SSSR count). The largest absolute Gasteiger partial charge is 0.358 e. The molecular formula is C17H33N3O. The first-order chi connectivity index (χ1) is 10.2. The quantitative estimate of drug-likeness (QED) is 0.789. The Kier molecular flexibility index (Phi) is 6.97. The van der Waals surface area contributed by atoms with E-state index >= 15 is 0 Å². The van der Waals surface area contributed by atoms with Crippen molar-refractivity contribution in [3.63, 3.8) is 0 Å². The second-order valence-corrected chi connectivity index (χ2v) is 6.90. The van der Waals surface area contributed by atoms with Gasteiger partial charge in [0.05, 0.1) is 6.54 Å². The van der Waals surface area contributed by atoms with E-state index in [2.05, 4.69) is 22.5 Å². The van der Waals surface area contributed by atoms with Crippen LogP contribution in [0.4, 0.5) is 0 Å². The van der Waals surface area contributed by atoms with Gasteiger partial charge in [0.25, 0.3) is 0 Å². The van der Waals surface area contributed by atoms with Gasteiger partial charge in [-0.05, 0) is 44.4 Å². The molecule has 1 heterocycles. The molecule has 2 fully saturated rings. The molecule has 4 nitrogen and oxygen atoms in total. The summed E-state index contributed by atoms with van der Waals surface area (Å²) in [5, 5.41) is 6.59. The van der Waals surface area contributed by atoms with Crippen molar-refractivity contribution in [1.29, 1.82) is 0 Å². The molecule has 1 aliphatic carbocycles. The highest BCUT2D eigenvalue weighted by molar-refractivity contribution is 5.77. The fraction of sp³-hybridized carbons (Fsp3) is 0.941. The Labute approximate surface area is 130 Å². The minimum Gasteiger partial charge on any atom is -0.358 e. The number of likely N-dealkylation sites (N-methyl/N-ethyl adjacent to an activating group) is 1. The zero-order valence-corrected chi connectivity index (χ0v) is 13.9. The average molecular weight is 295 g/mol. The number of piperidine rings is 1. The lowest BCUT2D eigenvalue weighted by molar-refractivity contribution is -0.122. The van der Waals surface area contributed by atoms with Crippen LogP contribution in [0, 0.1) is 5.92 Å². The number of rotatable bonds is 6. The molecule has 122 valence electrons. The van der Waals surface area contributed by atoms with Crippen LogP contribution in [0.2, 0.25) is 0 Å². The van der Waals surface area contributed by atoms with E-state index < -0.39 is 0 Å². The third-order valence-electron chi connectivity index (χ3n) is 5.25. The molecule has 2 aliphatic rings. The Morgan fingerprint density at radius 2 is 1.67 bits per heavy atom. The lowest BCUT2D eigenvalue weighted by Gasteiger charge is -2.36. The van der Waals surface area contributed by atoms with Crippen LogP contribution >= 0.6 is 0 Å². The zero-order chi connectivity index (χ0) is 15.1. The van der Waals surface area contributed by atoms with E-state index in [1.165, 1.54) is 51.4 Å². The summed E-state index contributed by atoms with van der Waals surface area (Å²) in [5.74, 6) is 1.12. The summed E-state index contributed by atoms with van der Waals surface area (Å²) in [7, 11) is 1.71. The van der Waals surface area contributed by atoms with Gasteiger partial charge in [0.1, 0.15) is 0 Å². The molecule has 0 spiro atoms. The molecule has 0 aromatic heterocycles. The van der Waals surface area contributed by atoms with Gasteiger partial charge in [0.15, 0.2) is 0 Å². The maximum absolute atomic E-state index is 11.4. The van der Waals surface area contributed by atoms with Crippen LogP contribution in [-0.4, -0.2) is 49.6 Å². The summed E-state index contributed by atoms with van der Waals surface area (Å²) in [6.07, 6.45) is 10.7. The molecule has 0 aromatic rings. The van der Waals surface area contributed by atoms with E-state index in [9.17, 15) is 4.79 Å². The van der Waals surface area contributed by atoms with Crippen LogP contribution < -0.4 is 10.6 Å². The van der Waals surface area contributed by atoms with Crippen LogP contribution in [0.1, 0.15) is 58.3 Å². The number of hydrogen-bond acceptors (Lipinski definition) is 3. The fourth-order valence-corrected chi connectivity index (χ4v) is 3.90. The van der Waals surface area contributed by atoms with Gasteiger partial charge in [-0.15, -0.1) is 0 Å². The first kappa shape index (κ1) is 16.8. The van der Waals surface area contributed by atoms with E-state index in [4.69, 9.17) is 0 Å². The summed E-state index contributed by atoms with van der Waals surface area (Å²) < 4.78 is 0. The predicted octanol–water partition coefficient (Wildman–Crippen LogP) is 2.15. The molecule has 1 saturated carbocycles. The lowest BCUT2D eigenvalue weighted by atomic mass is 9.83. The topological polar surface area (TPSA) is 44.4 Å². The highest BCUT2D eigenvalue weighted by Gasteiger charge is 2.25. The van der Waals surface area contributed by atoms with Gasteiger partial charge in [-0.1, -0.05) is 19.8 Å². The van der Waals surface area contributed by atoms with Crippen molar-refractivity contribution in [1.82, 2.24) is 15.5 Å². The van der Waals surface area contributed by atoms with Crippen LogP contribution in [0.3, 0.4) is 0 Å². The molecule has 1 saturated heterocycles. The van der Waals surface area contributed by atoms with Gasteiger partial charge in [-0.3, -0.25) is 9.69 Å². The second-order valence-electron chi connectivity index (χ2n) is 6.90. The summed E-state index contributed by atoms with van der Waals surface area (Å²) >= 11 is 0. The molecule has 1 aliphatic heterocycles. The fourth-order valence-electron chi connectivity index (χ4n) is 3.90. The third-order valence-corrected chi connectivity index (χ3v) is 5.25. The van der Waals surface area contributed by atoms with Gasteiger partial charge in [-0.2, -0.15) is 0 Å². The number of nitrogens with one attached hydrogen (secondary N) is 2. The highest BCUT2D eigenvalue weighted by atomic mass is 16.1. The van der Waals surface area contributed by atoms with Gasteiger partial charge < -0.3 is 10.6 Å². The number of likely N-dealkylation sites (tertiary alicyclic amines) is 1. The van der Waals surface area contributed by atoms with Crippen molar-refractivity contribution in [2.45, 2.75) is 70.4 Å². The first-order valence-corrected chi connectivity index (χ1v) is 8.90. The average Bonchev–Trinajstić information content (AvgIpc) is 2.51. The van der Waals surface area contributed by atoms with E-state index in [1.807, 2.05) is 0 Å². The van der Waals surface area contributed by atoms with E-state index in [-0.39, 0.29) is 5.91 Å². The Hall–Kier alpha value is -0.610. The van der Waals surface area contributed by atoms with Crippen molar-refractivity contribution in [3.05, 3.63) is 0 Å². The lowest BCUT2D eigenvalue weighted by Crippen LogP contribution is -2.48. The molecule has 0 unspecified atom stereocenters. The number of hydrogen-bond donors (Lipinski definition) is 2. The van der Waals surface area contributed by atoms with Gasteiger partial charge in [-0.25, -0.2) is 0 Å².